The minimum Gasteiger partial charge on any atom is -0.240 e. The third-order valence-corrected chi connectivity index (χ3v) is 8.77. The van der Waals surface area contributed by atoms with Crippen LogP contribution in [0.5, 0.6) is 0 Å². The zero-order valence-electron chi connectivity index (χ0n) is 19.5. The zero-order chi connectivity index (χ0) is 25.0. The van der Waals surface area contributed by atoms with Crippen molar-refractivity contribution < 1.29 is 0 Å². The van der Waals surface area contributed by atoms with Crippen LogP contribution in [-0.2, 0) is 5.75 Å². The Labute approximate surface area is 226 Å². The van der Waals surface area contributed by atoms with Crippen molar-refractivity contribution in [3.05, 3.63) is 113 Å². The summed E-state index contributed by atoms with van der Waals surface area (Å²) in [5.41, 5.74) is 6.12. The Bertz CT molecular complexity index is 1710. The number of nitrogens with zero attached hydrogens (tertiary/aromatic N) is 5. The number of hydrogen-bond acceptors (Lipinski definition) is 7. The Morgan fingerprint density at radius 3 is 2.49 bits per heavy atom. The molecule has 6 rings (SSSR count). The number of thioether (sulfide) groups is 1. The third-order valence-electron chi connectivity index (χ3n) is 5.63. The number of thiazole rings is 2. The van der Waals surface area contributed by atoms with Crippen molar-refractivity contribution in [2.75, 3.05) is 0 Å². The summed E-state index contributed by atoms with van der Waals surface area (Å²) in [4.78, 5) is 9.46. The summed E-state index contributed by atoms with van der Waals surface area (Å²) in [6.07, 6.45) is 3.85. The maximum atomic E-state index is 10.0. The van der Waals surface area contributed by atoms with Crippen LogP contribution in [0.15, 0.2) is 101 Å². The van der Waals surface area contributed by atoms with Gasteiger partial charge in [0, 0.05) is 28.5 Å². The average Bonchev–Trinajstić information content (AvgIpc) is 3.69. The predicted molar refractivity (Wildman–Crippen MR) is 154 cm³/mol. The van der Waals surface area contributed by atoms with E-state index in [1.807, 2.05) is 101 Å². The van der Waals surface area contributed by atoms with Gasteiger partial charge in [0.05, 0.1) is 32.9 Å². The van der Waals surface area contributed by atoms with Gasteiger partial charge in [0.25, 0.3) is 0 Å². The third kappa shape index (κ3) is 5.11. The monoisotopic (exact) mass is 533 g/mol. The van der Waals surface area contributed by atoms with Gasteiger partial charge in [0.15, 0.2) is 4.34 Å². The molecule has 0 radical (unpaired) electrons. The molecule has 0 aliphatic carbocycles. The highest BCUT2D eigenvalue weighted by molar-refractivity contribution is 8.00. The molecule has 0 N–H and O–H groups in total. The van der Waals surface area contributed by atoms with Crippen molar-refractivity contribution in [1.82, 2.24) is 19.7 Å². The number of fused-ring (bicyclic) bond motifs is 1. The van der Waals surface area contributed by atoms with Crippen LogP contribution in [0.4, 0.5) is 0 Å². The van der Waals surface area contributed by atoms with E-state index in [4.69, 9.17) is 15.1 Å². The van der Waals surface area contributed by atoms with E-state index in [2.05, 4.69) is 12.1 Å². The molecule has 0 saturated carbocycles. The molecule has 8 heteroatoms. The average molecular weight is 534 g/mol. The van der Waals surface area contributed by atoms with Crippen LogP contribution in [-0.4, -0.2) is 19.7 Å². The summed E-state index contributed by atoms with van der Waals surface area (Å²) in [5.74, 6) is 0.705. The molecule has 0 amide bonds. The highest BCUT2D eigenvalue weighted by atomic mass is 32.2. The van der Waals surface area contributed by atoms with Crippen LogP contribution in [0, 0.1) is 11.3 Å². The molecule has 0 atom stereocenters. The SMILES string of the molecule is N#CC(=Cc1cn(-c2ccccc2)nc1-c1ccccc1)c1nc(CSc2nc3ccccc3s2)cs1. The van der Waals surface area contributed by atoms with E-state index in [1.165, 1.54) is 16.0 Å². The number of para-hydroxylation sites is 2. The van der Waals surface area contributed by atoms with E-state index >= 15 is 0 Å². The maximum absolute atomic E-state index is 10.0. The molecule has 0 spiro atoms. The van der Waals surface area contributed by atoms with Crippen molar-refractivity contribution in [1.29, 1.82) is 5.26 Å². The van der Waals surface area contributed by atoms with E-state index in [0.717, 1.165) is 38.1 Å². The lowest BCUT2D eigenvalue weighted by molar-refractivity contribution is 0.884. The molecule has 3 aromatic carbocycles. The molecular weight excluding hydrogens is 515 g/mol. The van der Waals surface area contributed by atoms with E-state index in [9.17, 15) is 5.26 Å². The lowest BCUT2D eigenvalue weighted by atomic mass is 10.1. The molecule has 0 aliphatic rings. The van der Waals surface area contributed by atoms with Gasteiger partial charge in [-0.15, -0.1) is 22.7 Å². The van der Waals surface area contributed by atoms with Crippen molar-refractivity contribution in [2.24, 2.45) is 0 Å². The van der Waals surface area contributed by atoms with Crippen LogP contribution in [0.1, 0.15) is 16.3 Å². The number of nitriles is 1. The van der Waals surface area contributed by atoms with Crippen LogP contribution in [0.25, 0.3) is 38.8 Å². The molecule has 0 saturated heterocycles. The number of rotatable bonds is 7. The van der Waals surface area contributed by atoms with Gasteiger partial charge in [-0.25, -0.2) is 14.6 Å². The molecule has 3 heterocycles. The Hall–Kier alpha value is -4.03. The first-order valence-electron chi connectivity index (χ1n) is 11.5. The fourth-order valence-corrected chi connectivity index (χ4v) is 6.72. The predicted octanol–water partition coefficient (Wildman–Crippen LogP) is 7.96. The fraction of sp³-hybridized carbons (Fsp3) is 0.0345. The lowest BCUT2D eigenvalue weighted by Gasteiger charge is -2.00. The summed E-state index contributed by atoms with van der Waals surface area (Å²) in [7, 11) is 0. The maximum Gasteiger partial charge on any atom is 0.151 e. The first-order chi connectivity index (χ1) is 18.3. The van der Waals surface area contributed by atoms with Crippen LogP contribution < -0.4 is 0 Å². The molecule has 0 fully saturated rings. The molecular formula is C29H19N5S3. The Morgan fingerprint density at radius 2 is 1.70 bits per heavy atom. The number of allylic oxidation sites excluding steroid dienone is 1. The second-order valence-electron chi connectivity index (χ2n) is 8.13. The second-order valence-corrected chi connectivity index (χ2v) is 11.2. The normalized spacial score (nSPS) is 11.6. The first kappa shape index (κ1) is 23.4. The van der Waals surface area contributed by atoms with Gasteiger partial charge >= 0.3 is 0 Å². The summed E-state index contributed by atoms with van der Waals surface area (Å²) in [5, 5.41) is 17.6. The summed E-state index contributed by atoms with van der Waals surface area (Å²) >= 11 is 4.85. The van der Waals surface area contributed by atoms with Gasteiger partial charge in [-0.3, -0.25) is 0 Å². The minimum atomic E-state index is 0.519. The largest absolute Gasteiger partial charge is 0.240 e. The van der Waals surface area contributed by atoms with E-state index in [0.29, 0.717) is 16.3 Å². The quantitative estimate of drug-likeness (QED) is 0.154. The van der Waals surface area contributed by atoms with Gasteiger partial charge in [-0.05, 0) is 30.3 Å². The van der Waals surface area contributed by atoms with Crippen LogP contribution in [0.3, 0.4) is 0 Å². The summed E-state index contributed by atoms with van der Waals surface area (Å²) < 4.78 is 4.06. The highest BCUT2D eigenvalue weighted by Crippen LogP contribution is 2.33. The first-order valence-corrected chi connectivity index (χ1v) is 14.2. The van der Waals surface area contributed by atoms with Gasteiger partial charge in [-0.2, -0.15) is 10.4 Å². The Morgan fingerprint density at radius 1 is 0.946 bits per heavy atom. The van der Waals surface area contributed by atoms with Crippen LogP contribution >= 0.6 is 34.4 Å². The molecule has 5 nitrogen and oxygen atoms in total. The molecule has 0 aliphatic heterocycles. The van der Waals surface area contributed by atoms with Gasteiger partial charge in [0.2, 0.25) is 0 Å². The number of benzene rings is 3. The number of hydrogen-bond donors (Lipinski definition) is 0. The topological polar surface area (TPSA) is 67.4 Å². The molecule has 37 heavy (non-hydrogen) atoms. The Kier molecular flexibility index (Phi) is 6.65. The standard InChI is InChI=1S/C29H19N5S3/c30-16-21(28-31-23(18-35-28)19-36-29-32-25-13-7-8-14-26(25)37-29)15-22-17-34(24-11-5-2-6-12-24)33-27(22)20-9-3-1-4-10-20/h1-15,17-18H,19H2. The summed E-state index contributed by atoms with van der Waals surface area (Å²) in [6.45, 7) is 0. The fourth-order valence-electron chi connectivity index (χ4n) is 3.87. The molecule has 0 bridgehead atoms. The van der Waals surface area contributed by atoms with Crippen molar-refractivity contribution in [3.63, 3.8) is 0 Å². The number of aromatic nitrogens is 4. The van der Waals surface area contributed by atoms with E-state index < -0.39 is 0 Å². The second kappa shape index (κ2) is 10.5. The van der Waals surface area contributed by atoms with E-state index in [1.54, 1.807) is 23.1 Å². The molecule has 178 valence electrons. The van der Waals surface area contributed by atoms with Crippen molar-refractivity contribution >= 4 is 56.3 Å². The summed E-state index contributed by atoms with van der Waals surface area (Å²) in [6, 6.07) is 30.5. The minimum absolute atomic E-state index is 0.519. The van der Waals surface area contributed by atoms with Crippen molar-refractivity contribution in [3.8, 4) is 23.0 Å². The smallest absolute Gasteiger partial charge is 0.151 e. The zero-order valence-corrected chi connectivity index (χ0v) is 21.9. The Balaban J connectivity index is 1.29. The molecule has 0 unspecified atom stereocenters. The van der Waals surface area contributed by atoms with Gasteiger partial charge in [0.1, 0.15) is 11.1 Å². The van der Waals surface area contributed by atoms with Gasteiger partial charge in [-0.1, -0.05) is 72.4 Å². The molecule has 3 aromatic heterocycles. The van der Waals surface area contributed by atoms with Crippen molar-refractivity contribution in [2.45, 2.75) is 10.1 Å². The van der Waals surface area contributed by atoms with E-state index in [-0.39, 0.29) is 0 Å². The van der Waals surface area contributed by atoms with Crippen LogP contribution in [0.2, 0.25) is 0 Å². The molecule has 6 aromatic rings. The van der Waals surface area contributed by atoms with Gasteiger partial charge < -0.3 is 0 Å². The lowest BCUT2D eigenvalue weighted by Crippen LogP contribution is -1.93. The highest BCUT2D eigenvalue weighted by Gasteiger charge is 2.15.